The Morgan fingerprint density at radius 1 is 1.09 bits per heavy atom. The van der Waals surface area contributed by atoms with Crippen molar-refractivity contribution in [2.75, 3.05) is 31.6 Å². The lowest BCUT2D eigenvalue weighted by Gasteiger charge is -2.26. The lowest BCUT2D eigenvalue weighted by atomic mass is 9.84. The van der Waals surface area contributed by atoms with Crippen LogP contribution in [0.5, 0.6) is 0 Å². The van der Waals surface area contributed by atoms with Crippen LogP contribution in [0.25, 0.3) is 10.2 Å². The summed E-state index contributed by atoms with van der Waals surface area (Å²) in [6.45, 7) is 3.59. The summed E-state index contributed by atoms with van der Waals surface area (Å²) in [6.07, 6.45) is 1.53. The van der Waals surface area contributed by atoms with Crippen LogP contribution in [0.1, 0.15) is 55.0 Å². The van der Waals surface area contributed by atoms with Gasteiger partial charge in [0, 0.05) is 18.8 Å². The summed E-state index contributed by atoms with van der Waals surface area (Å²) >= 11 is 1.60. The van der Waals surface area contributed by atoms with Crippen molar-refractivity contribution in [1.82, 2.24) is 14.9 Å². The average Bonchev–Trinajstić information content (AvgIpc) is 3.24. The van der Waals surface area contributed by atoms with Gasteiger partial charge in [0.25, 0.3) is 0 Å². The molecule has 2 aromatic heterocycles. The summed E-state index contributed by atoms with van der Waals surface area (Å²) in [5.41, 5.74) is 0.925. The van der Waals surface area contributed by atoms with E-state index in [4.69, 9.17) is 14.7 Å². The van der Waals surface area contributed by atoms with Gasteiger partial charge < -0.3 is 10.1 Å². The number of aromatic nitrogens is 2. The fourth-order valence-electron chi connectivity index (χ4n) is 4.75. The molecule has 1 saturated heterocycles. The van der Waals surface area contributed by atoms with Gasteiger partial charge in [0.1, 0.15) is 16.5 Å². The number of rotatable bonds is 5. The number of nitrogens with zero attached hydrogens (tertiary/aromatic N) is 3. The van der Waals surface area contributed by atoms with Crippen LogP contribution in [0.2, 0.25) is 0 Å². The summed E-state index contributed by atoms with van der Waals surface area (Å²) in [4.78, 5) is 12.8. The molecule has 0 bridgehead atoms. The van der Waals surface area contributed by atoms with E-state index in [0.717, 1.165) is 48.3 Å². The first-order valence-corrected chi connectivity index (χ1v) is 12.4. The Kier molecular flexibility index (Phi) is 6.53. The van der Waals surface area contributed by atoms with Crippen molar-refractivity contribution >= 4 is 33.1 Å². The molecule has 1 aromatic carbocycles. The van der Waals surface area contributed by atoms with Gasteiger partial charge in [-0.15, -0.1) is 11.3 Å². The summed E-state index contributed by atoms with van der Waals surface area (Å²) in [5, 5.41) is 6.34. The van der Waals surface area contributed by atoms with Gasteiger partial charge in [-0.25, -0.2) is 9.97 Å². The highest BCUT2D eigenvalue weighted by Crippen LogP contribution is 2.42. The fourth-order valence-corrected chi connectivity index (χ4v) is 5.79. The minimum absolute atomic E-state index is 0.378. The summed E-state index contributed by atoms with van der Waals surface area (Å²) < 4.78 is 45.3. The normalized spacial score (nSPS) is 18.6. The first-order chi connectivity index (χ1) is 16.0. The molecule has 0 atom stereocenters. The van der Waals surface area contributed by atoms with Crippen LogP contribution in [0.4, 0.5) is 24.7 Å². The molecule has 176 valence electrons. The SMILES string of the molecule is FC(F)(F)c1cccc(Nc2nc(CN3CCOCC3)nc3scc(C4CCCCC4)c23)c1. The molecule has 2 aliphatic rings. The van der Waals surface area contributed by atoms with Gasteiger partial charge in [-0.3, -0.25) is 4.90 Å². The van der Waals surface area contributed by atoms with Crippen molar-refractivity contribution < 1.29 is 17.9 Å². The number of nitrogens with one attached hydrogen (secondary N) is 1. The van der Waals surface area contributed by atoms with Gasteiger partial charge in [0.15, 0.2) is 0 Å². The third-order valence-electron chi connectivity index (χ3n) is 6.47. The molecule has 0 unspecified atom stereocenters. The first kappa shape index (κ1) is 22.6. The van der Waals surface area contributed by atoms with Crippen molar-refractivity contribution in [3.63, 3.8) is 0 Å². The molecule has 3 heterocycles. The number of thiophene rings is 1. The van der Waals surface area contributed by atoms with Crippen molar-refractivity contribution in [2.24, 2.45) is 0 Å². The Morgan fingerprint density at radius 3 is 2.64 bits per heavy atom. The second-order valence-corrected chi connectivity index (χ2v) is 9.64. The maximum absolute atomic E-state index is 13.3. The molecule has 1 N–H and O–H groups in total. The molecule has 0 radical (unpaired) electrons. The van der Waals surface area contributed by atoms with Gasteiger partial charge in [-0.05, 0) is 47.9 Å². The Hall–Kier alpha value is -2.23. The monoisotopic (exact) mass is 476 g/mol. The topological polar surface area (TPSA) is 50.3 Å². The van der Waals surface area contributed by atoms with Crippen molar-refractivity contribution in [3.8, 4) is 0 Å². The van der Waals surface area contributed by atoms with Gasteiger partial charge in [0.2, 0.25) is 0 Å². The van der Waals surface area contributed by atoms with Crippen LogP contribution in [0.15, 0.2) is 29.6 Å². The molecule has 1 aliphatic heterocycles. The molecule has 5 nitrogen and oxygen atoms in total. The van der Waals surface area contributed by atoms with Crippen molar-refractivity contribution in [2.45, 2.75) is 50.7 Å². The molecule has 33 heavy (non-hydrogen) atoms. The lowest BCUT2D eigenvalue weighted by molar-refractivity contribution is -0.137. The third kappa shape index (κ3) is 5.15. The Morgan fingerprint density at radius 2 is 1.88 bits per heavy atom. The highest BCUT2D eigenvalue weighted by atomic mass is 32.1. The number of hydrogen-bond acceptors (Lipinski definition) is 6. The standard InChI is InChI=1S/C24H27F3N4OS/c25-24(26,27)17-7-4-8-18(13-17)28-22-21-19(16-5-2-1-3-6-16)15-33-23(21)30-20(29-22)14-31-9-11-32-12-10-31/h4,7-8,13,15-16H,1-3,5-6,9-12,14H2,(H,28,29,30). The second-order valence-electron chi connectivity index (χ2n) is 8.79. The van der Waals surface area contributed by atoms with Crippen LogP contribution in [0.3, 0.4) is 0 Å². The predicted molar refractivity (Wildman–Crippen MR) is 124 cm³/mol. The molecule has 2 fully saturated rings. The third-order valence-corrected chi connectivity index (χ3v) is 7.37. The average molecular weight is 477 g/mol. The maximum Gasteiger partial charge on any atom is 0.416 e. The molecule has 0 amide bonds. The zero-order chi connectivity index (χ0) is 22.8. The summed E-state index contributed by atoms with van der Waals surface area (Å²) in [7, 11) is 0. The summed E-state index contributed by atoms with van der Waals surface area (Å²) in [5.74, 6) is 1.73. The minimum atomic E-state index is -4.39. The quantitative estimate of drug-likeness (QED) is 0.466. The van der Waals surface area contributed by atoms with E-state index in [-0.39, 0.29) is 0 Å². The Balaban J connectivity index is 1.53. The molecule has 9 heteroatoms. The van der Waals surface area contributed by atoms with Crippen molar-refractivity contribution in [1.29, 1.82) is 0 Å². The number of anilines is 2. The fraction of sp³-hybridized carbons (Fsp3) is 0.500. The number of alkyl halides is 3. The molecule has 0 spiro atoms. The highest BCUT2D eigenvalue weighted by molar-refractivity contribution is 7.17. The van der Waals surface area contributed by atoms with E-state index in [1.165, 1.54) is 30.9 Å². The van der Waals surface area contributed by atoms with Crippen LogP contribution in [-0.2, 0) is 17.5 Å². The van der Waals surface area contributed by atoms with Gasteiger partial charge in [-0.2, -0.15) is 13.2 Å². The van der Waals surface area contributed by atoms with Crippen LogP contribution < -0.4 is 5.32 Å². The second kappa shape index (κ2) is 9.56. The van der Waals surface area contributed by atoms with Gasteiger partial charge in [0.05, 0.1) is 30.7 Å². The number of hydrogen-bond donors (Lipinski definition) is 1. The van der Waals surface area contributed by atoms with Crippen molar-refractivity contribution in [3.05, 3.63) is 46.6 Å². The van der Waals surface area contributed by atoms with E-state index in [9.17, 15) is 13.2 Å². The van der Waals surface area contributed by atoms with E-state index < -0.39 is 11.7 Å². The van der Waals surface area contributed by atoms with Crippen LogP contribution in [-0.4, -0.2) is 41.2 Å². The molecule has 1 saturated carbocycles. The predicted octanol–water partition coefficient (Wildman–Crippen LogP) is 6.33. The van der Waals surface area contributed by atoms with E-state index in [1.54, 1.807) is 17.4 Å². The largest absolute Gasteiger partial charge is 0.416 e. The molecule has 1 aliphatic carbocycles. The molecule has 3 aromatic rings. The first-order valence-electron chi connectivity index (χ1n) is 11.5. The van der Waals surface area contributed by atoms with Gasteiger partial charge in [-0.1, -0.05) is 25.3 Å². The molecular formula is C24H27F3N4OS. The Labute approximate surface area is 195 Å². The highest BCUT2D eigenvalue weighted by Gasteiger charge is 2.30. The van der Waals surface area contributed by atoms with Crippen LogP contribution in [0, 0.1) is 0 Å². The van der Waals surface area contributed by atoms with E-state index in [1.807, 2.05) is 0 Å². The maximum atomic E-state index is 13.3. The number of morpholine rings is 1. The Bertz CT molecular complexity index is 1100. The zero-order valence-electron chi connectivity index (χ0n) is 18.3. The number of fused-ring (bicyclic) bond motifs is 1. The van der Waals surface area contributed by atoms with E-state index in [2.05, 4.69) is 15.6 Å². The number of benzene rings is 1. The smallest absolute Gasteiger partial charge is 0.379 e. The van der Waals surface area contributed by atoms with Gasteiger partial charge >= 0.3 is 6.18 Å². The van der Waals surface area contributed by atoms with Crippen LogP contribution >= 0.6 is 11.3 Å². The summed E-state index contributed by atoms with van der Waals surface area (Å²) in [6, 6.07) is 5.30. The number of halogens is 3. The lowest BCUT2D eigenvalue weighted by Crippen LogP contribution is -2.36. The molecular weight excluding hydrogens is 449 g/mol. The minimum Gasteiger partial charge on any atom is -0.379 e. The molecule has 5 rings (SSSR count). The zero-order valence-corrected chi connectivity index (χ0v) is 19.1. The number of ether oxygens (including phenoxy) is 1. The van der Waals surface area contributed by atoms with E-state index in [0.29, 0.717) is 43.0 Å². The van der Waals surface area contributed by atoms with E-state index >= 15 is 0 Å².